The molecule has 0 spiro atoms. The van der Waals surface area contributed by atoms with Crippen LogP contribution in [0.15, 0.2) is 57.3 Å². The molecule has 0 fully saturated rings. The number of fused-ring (bicyclic) bond motifs is 1. The Morgan fingerprint density at radius 2 is 1.97 bits per heavy atom. The van der Waals surface area contributed by atoms with E-state index in [4.69, 9.17) is 9.41 Å². The first kappa shape index (κ1) is 20.3. The Morgan fingerprint density at radius 1 is 1.13 bits per heavy atom. The number of hydrogen-bond acceptors (Lipinski definition) is 6. The number of aromatic nitrogens is 2. The van der Waals surface area contributed by atoms with Crippen LogP contribution >= 0.6 is 0 Å². The summed E-state index contributed by atoms with van der Waals surface area (Å²) in [6, 6.07) is 7.46. The fourth-order valence-electron chi connectivity index (χ4n) is 3.41. The summed E-state index contributed by atoms with van der Waals surface area (Å²) in [5.41, 5.74) is 6.77. The van der Waals surface area contributed by atoms with Gasteiger partial charge in [-0.25, -0.2) is 13.4 Å². The molecule has 0 atom stereocenters. The van der Waals surface area contributed by atoms with Crippen LogP contribution in [0.5, 0.6) is 0 Å². The zero-order valence-electron chi connectivity index (χ0n) is 17.3. The van der Waals surface area contributed by atoms with Gasteiger partial charge in [0.2, 0.25) is 15.9 Å². The molecule has 1 N–H and O–H groups in total. The molecular formula is C22H24N4O3S. The predicted molar refractivity (Wildman–Crippen MR) is 119 cm³/mol. The lowest BCUT2D eigenvalue weighted by Gasteiger charge is -2.07. The van der Waals surface area contributed by atoms with E-state index in [0.29, 0.717) is 17.2 Å². The first-order chi connectivity index (χ1) is 14.4. The molecule has 8 heteroatoms. The third-order valence-corrected chi connectivity index (χ3v) is 6.35. The second-order valence-electron chi connectivity index (χ2n) is 7.38. The third kappa shape index (κ3) is 4.14. The van der Waals surface area contributed by atoms with Gasteiger partial charge in [0.1, 0.15) is 11.2 Å². The highest BCUT2D eigenvalue weighted by molar-refractivity contribution is 7.92. The van der Waals surface area contributed by atoms with Gasteiger partial charge in [0, 0.05) is 23.9 Å². The molecule has 30 heavy (non-hydrogen) atoms. The van der Waals surface area contributed by atoms with Gasteiger partial charge < -0.3 is 4.42 Å². The van der Waals surface area contributed by atoms with Crippen LogP contribution in [-0.2, 0) is 10.0 Å². The largest absolute Gasteiger partial charge is 0.435 e. The van der Waals surface area contributed by atoms with Gasteiger partial charge in [-0.2, -0.15) is 0 Å². The van der Waals surface area contributed by atoms with E-state index in [1.54, 1.807) is 19.2 Å². The summed E-state index contributed by atoms with van der Waals surface area (Å²) in [4.78, 5) is 13.5. The summed E-state index contributed by atoms with van der Waals surface area (Å²) in [6.45, 7) is 5.84. The number of benzene rings is 1. The van der Waals surface area contributed by atoms with Crippen molar-refractivity contribution in [1.29, 1.82) is 0 Å². The van der Waals surface area contributed by atoms with E-state index in [1.807, 2.05) is 18.2 Å². The van der Waals surface area contributed by atoms with Crippen LogP contribution in [-0.4, -0.2) is 29.9 Å². The molecule has 1 aliphatic rings. The van der Waals surface area contributed by atoms with Crippen molar-refractivity contribution in [1.82, 2.24) is 9.97 Å². The molecule has 0 aliphatic carbocycles. The lowest BCUT2D eigenvalue weighted by molar-refractivity contribution is 0.588. The number of rotatable bonds is 7. The Balaban J connectivity index is 1.63. The Kier molecular flexibility index (Phi) is 5.42. The number of anilines is 1. The topological polar surface area (TPSA) is 97.5 Å². The average Bonchev–Trinajstić information content (AvgIpc) is 3.31. The first-order valence-electron chi connectivity index (χ1n) is 10.0. The van der Waals surface area contributed by atoms with Crippen LogP contribution in [0.2, 0.25) is 0 Å². The van der Waals surface area contributed by atoms with Crippen molar-refractivity contribution in [3.05, 3.63) is 53.8 Å². The minimum Gasteiger partial charge on any atom is -0.435 e. The molecule has 4 rings (SSSR count). The quantitative estimate of drug-likeness (QED) is 0.581. The highest BCUT2D eigenvalue weighted by atomic mass is 32.2. The molecule has 0 saturated carbocycles. The second kappa shape index (κ2) is 8.02. The fourth-order valence-corrected chi connectivity index (χ4v) is 4.03. The van der Waals surface area contributed by atoms with Crippen LogP contribution in [0.4, 0.5) is 5.69 Å². The van der Waals surface area contributed by atoms with Crippen molar-refractivity contribution in [3.63, 3.8) is 0 Å². The van der Waals surface area contributed by atoms with E-state index in [9.17, 15) is 8.42 Å². The van der Waals surface area contributed by atoms with Gasteiger partial charge in [0.25, 0.3) is 0 Å². The smallest absolute Gasteiger partial charge is 0.242 e. The summed E-state index contributed by atoms with van der Waals surface area (Å²) in [7, 11) is -3.36. The van der Waals surface area contributed by atoms with Crippen molar-refractivity contribution < 1.29 is 12.8 Å². The summed E-state index contributed by atoms with van der Waals surface area (Å²) in [6.07, 6.45) is 5.96. The summed E-state index contributed by atoms with van der Waals surface area (Å²) in [5, 5.41) is 0. The van der Waals surface area contributed by atoms with Gasteiger partial charge in [-0.3, -0.25) is 14.7 Å². The molecule has 0 saturated heterocycles. The second-order valence-corrected chi connectivity index (χ2v) is 9.39. The van der Waals surface area contributed by atoms with Crippen LogP contribution < -0.4 is 4.72 Å². The molecule has 156 valence electrons. The van der Waals surface area contributed by atoms with Crippen LogP contribution in [0.3, 0.4) is 0 Å². The summed E-state index contributed by atoms with van der Waals surface area (Å²) < 4.78 is 32.2. The van der Waals surface area contributed by atoms with Gasteiger partial charge in [0.05, 0.1) is 17.6 Å². The number of allylic oxidation sites excluding steroid dienone is 2. The zero-order valence-corrected chi connectivity index (χ0v) is 18.1. The van der Waals surface area contributed by atoms with Gasteiger partial charge in [-0.15, -0.1) is 0 Å². The maximum absolute atomic E-state index is 11.8. The minimum atomic E-state index is -3.36. The van der Waals surface area contributed by atoms with Crippen LogP contribution in [0.25, 0.3) is 22.2 Å². The monoisotopic (exact) mass is 424 g/mol. The zero-order chi connectivity index (χ0) is 21.3. The highest BCUT2D eigenvalue weighted by Crippen LogP contribution is 2.30. The van der Waals surface area contributed by atoms with E-state index in [2.05, 4.69) is 28.5 Å². The number of oxazole rings is 1. The predicted octanol–water partition coefficient (Wildman–Crippen LogP) is 4.92. The molecule has 0 bridgehead atoms. The number of sulfonamides is 1. The van der Waals surface area contributed by atoms with Crippen LogP contribution in [0.1, 0.15) is 45.9 Å². The lowest BCUT2D eigenvalue weighted by Crippen LogP contribution is -2.14. The van der Waals surface area contributed by atoms with E-state index in [0.717, 1.165) is 47.3 Å². The molecular weight excluding hydrogens is 400 g/mol. The van der Waals surface area contributed by atoms with E-state index in [1.165, 1.54) is 11.8 Å². The number of pyridine rings is 1. The standard InChI is InChI=1S/C22H24N4O3S/c1-4-6-18-14(3)9-20(24-18)22-25-19-8-7-15(11-21(19)29-22)16-10-17(13-23-12-16)26-30(27,28)5-2/h7-8,10-13,26H,4-6,9H2,1-3H3. The number of aliphatic imine (C=N–C) groups is 1. The fraction of sp³-hybridized carbons (Fsp3) is 0.318. The molecule has 3 heterocycles. The van der Waals surface area contributed by atoms with Gasteiger partial charge in [0.15, 0.2) is 5.58 Å². The molecule has 3 aromatic rings. The number of nitrogens with one attached hydrogen (secondary N) is 1. The first-order valence-corrected chi connectivity index (χ1v) is 11.7. The SMILES string of the molecule is CCCC1=C(C)CC(c2nc3ccc(-c4cncc(NS(=O)(=O)CC)c4)cc3o2)=N1. The van der Waals surface area contributed by atoms with Gasteiger partial charge in [-0.1, -0.05) is 19.4 Å². The van der Waals surface area contributed by atoms with Gasteiger partial charge in [-0.05, 0) is 49.6 Å². The number of nitrogens with zero attached hydrogens (tertiary/aromatic N) is 3. The Morgan fingerprint density at radius 3 is 2.73 bits per heavy atom. The lowest BCUT2D eigenvalue weighted by atomic mass is 10.1. The minimum absolute atomic E-state index is 0.00220. The Hall–Kier alpha value is -3.00. The molecule has 0 unspecified atom stereocenters. The Labute approximate surface area is 176 Å². The highest BCUT2D eigenvalue weighted by Gasteiger charge is 2.20. The van der Waals surface area contributed by atoms with Crippen molar-refractivity contribution in [2.75, 3.05) is 10.5 Å². The van der Waals surface area contributed by atoms with Crippen LogP contribution in [0, 0.1) is 0 Å². The van der Waals surface area contributed by atoms with Crippen molar-refractivity contribution in [2.24, 2.45) is 4.99 Å². The van der Waals surface area contributed by atoms with Crippen molar-refractivity contribution >= 4 is 32.5 Å². The summed E-state index contributed by atoms with van der Waals surface area (Å²) in [5.74, 6) is 0.553. The van der Waals surface area contributed by atoms with Crippen molar-refractivity contribution in [2.45, 2.75) is 40.0 Å². The maximum Gasteiger partial charge on any atom is 0.242 e. The molecule has 7 nitrogen and oxygen atoms in total. The molecule has 1 aromatic carbocycles. The maximum atomic E-state index is 11.8. The van der Waals surface area contributed by atoms with E-state index >= 15 is 0 Å². The normalized spacial score (nSPS) is 14.4. The van der Waals surface area contributed by atoms with Gasteiger partial charge >= 0.3 is 0 Å². The third-order valence-electron chi connectivity index (χ3n) is 5.04. The molecule has 2 aromatic heterocycles. The molecule has 0 amide bonds. The number of hydrogen-bond donors (Lipinski definition) is 1. The van der Waals surface area contributed by atoms with E-state index < -0.39 is 10.0 Å². The Bertz CT molecular complexity index is 1270. The average molecular weight is 425 g/mol. The van der Waals surface area contributed by atoms with Crippen molar-refractivity contribution in [3.8, 4) is 11.1 Å². The molecule has 0 radical (unpaired) electrons. The van der Waals surface area contributed by atoms with E-state index in [-0.39, 0.29) is 5.75 Å². The molecule has 1 aliphatic heterocycles. The summed E-state index contributed by atoms with van der Waals surface area (Å²) >= 11 is 0.